The lowest BCUT2D eigenvalue weighted by Gasteiger charge is -2.31. The van der Waals surface area contributed by atoms with E-state index in [1.807, 2.05) is 32.2 Å². The Labute approximate surface area is 157 Å². The van der Waals surface area contributed by atoms with Gasteiger partial charge in [0.05, 0.1) is 11.0 Å². The number of H-pyrrole nitrogens is 1. The fourth-order valence-electron chi connectivity index (χ4n) is 3.74. The van der Waals surface area contributed by atoms with E-state index in [0.29, 0.717) is 0 Å². The van der Waals surface area contributed by atoms with E-state index < -0.39 is 0 Å². The van der Waals surface area contributed by atoms with Gasteiger partial charge in [0.25, 0.3) is 0 Å². The predicted molar refractivity (Wildman–Crippen MR) is 108 cm³/mol. The molecule has 6 nitrogen and oxygen atoms in total. The third-order valence-corrected chi connectivity index (χ3v) is 4.98. The number of aliphatic imine (C=N–C) groups is 2. The highest BCUT2D eigenvalue weighted by molar-refractivity contribution is 6.05. The number of rotatable bonds is 2. The number of hydrogen-bond donors (Lipinski definition) is 1. The first-order chi connectivity index (χ1) is 13.1. The van der Waals surface area contributed by atoms with Crippen LogP contribution >= 0.6 is 0 Å². The highest BCUT2D eigenvalue weighted by atomic mass is 15.7. The molecular weight excluding hydrogens is 336 g/mol. The standard InChI is InChI=1S/C21H20N6/c1-13-11-14(2)27-21(22-13)25-20(26(27)3)16-9-10-17-18(12-16)24-19(23-17)15-7-5-4-6-8-15/h4-12,20H,1-3H3,(H,23,24). The lowest BCUT2D eigenvalue weighted by atomic mass is 10.1. The average Bonchev–Trinajstić information content (AvgIpc) is 3.23. The molecule has 0 amide bonds. The molecule has 1 N–H and O–H groups in total. The molecule has 2 aliphatic rings. The number of nitrogens with zero attached hydrogens (tertiary/aromatic N) is 5. The zero-order chi connectivity index (χ0) is 18.5. The quantitative estimate of drug-likeness (QED) is 0.751. The van der Waals surface area contributed by atoms with Crippen molar-refractivity contribution in [2.45, 2.75) is 20.0 Å². The van der Waals surface area contributed by atoms with Crippen LogP contribution < -0.4 is 0 Å². The molecule has 27 heavy (non-hydrogen) atoms. The van der Waals surface area contributed by atoms with Crippen molar-refractivity contribution >= 4 is 22.7 Å². The van der Waals surface area contributed by atoms with Gasteiger partial charge in [-0.25, -0.2) is 20.0 Å². The minimum absolute atomic E-state index is 0.112. The van der Waals surface area contributed by atoms with Gasteiger partial charge < -0.3 is 4.98 Å². The molecule has 0 bridgehead atoms. The molecule has 0 saturated heterocycles. The second kappa shape index (κ2) is 5.89. The highest BCUT2D eigenvalue weighted by Crippen LogP contribution is 2.34. The van der Waals surface area contributed by atoms with Gasteiger partial charge in [-0.15, -0.1) is 0 Å². The number of nitrogens with one attached hydrogen (secondary N) is 1. The van der Waals surface area contributed by atoms with Crippen LogP contribution in [0.5, 0.6) is 0 Å². The SMILES string of the molecule is CC1=CC(C)=NC2=NC(c3ccc4[nH]c(-c5ccccc5)nc4c3)N(C)N12. The van der Waals surface area contributed by atoms with Crippen molar-refractivity contribution in [2.75, 3.05) is 7.05 Å². The summed E-state index contributed by atoms with van der Waals surface area (Å²) in [6.45, 7) is 4.08. The fourth-order valence-corrected chi connectivity index (χ4v) is 3.74. The van der Waals surface area contributed by atoms with Crippen molar-refractivity contribution in [3.63, 3.8) is 0 Å². The van der Waals surface area contributed by atoms with Gasteiger partial charge in [0.1, 0.15) is 12.0 Å². The number of imidazole rings is 1. The van der Waals surface area contributed by atoms with Gasteiger partial charge >= 0.3 is 0 Å². The first kappa shape index (κ1) is 16.0. The monoisotopic (exact) mass is 356 g/mol. The zero-order valence-corrected chi connectivity index (χ0v) is 15.5. The van der Waals surface area contributed by atoms with Crippen LogP contribution in [0.25, 0.3) is 22.4 Å². The Morgan fingerprint density at radius 1 is 1.04 bits per heavy atom. The summed E-state index contributed by atoms with van der Waals surface area (Å²) in [7, 11) is 2.04. The van der Waals surface area contributed by atoms with Crippen molar-refractivity contribution in [1.82, 2.24) is 20.0 Å². The molecule has 3 aromatic rings. The number of aromatic nitrogens is 2. The van der Waals surface area contributed by atoms with Crippen LogP contribution in [0.15, 0.2) is 70.3 Å². The maximum atomic E-state index is 4.84. The van der Waals surface area contributed by atoms with Crippen LogP contribution in [-0.4, -0.2) is 38.7 Å². The molecular formula is C21H20N6. The molecule has 6 heteroatoms. The average molecular weight is 356 g/mol. The Balaban J connectivity index is 1.54. The number of fused-ring (bicyclic) bond motifs is 2. The van der Waals surface area contributed by atoms with Crippen LogP contribution in [0, 0.1) is 0 Å². The molecule has 0 spiro atoms. The second-order valence-electron chi connectivity index (χ2n) is 6.96. The van der Waals surface area contributed by atoms with Gasteiger partial charge in [-0.1, -0.05) is 36.4 Å². The summed E-state index contributed by atoms with van der Waals surface area (Å²) < 4.78 is 0. The van der Waals surface area contributed by atoms with Gasteiger partial charge in [-0.3, -0.25) is 0 Å². The van der Waals surface area contributed by atoms with E-state index in [4.69, 9.17) is 9.98 Å². The summed E-state index contributed by atoms with van der Waals surface area (Å²) >= 11 is 0. The van der Waals surface area contributed by atoms with Crippen LogP contribution in [-0.2, 0) is 0 Å². The number of benzene rings is 2. The summed E-state index contributed by atoms with van der Waals surface area (Å²) in [4.78, 5) is 17.6. The lowest BCUT2D eigenvalue weighted by Crippen LogP contribution is -2.39. The number of guanidine groups is 1. The first-order valence-electron chi connectivity index (χ1n) is 8.99. The van der Waals surface area contributed by atoms with E-state index in [1.54, 1.807) is 0 Å². The Kier molecular flexibility index (Phi) is 3.48. The van der Waals surface area contributed by atoms with Gasteiger partial charge in [0.15, 0.2) is 0 Å². The van der Waals surface area contributed by atoms with E-state index >= 15 is 0 Å². The molecule has 1 aromatic heterocycles. The number of aromatic amines is 1. The number of allylic oxidation sites excluding steroid dienone is 2. The third kappa shape index (κ3) is 2.57. The molecule has 2 aromatic carbocycles. The Morgan fingerprint density at radius 3 is 2.67 bits per heavy atom. The van der Waals surface area contributed by atoms with Crippen LogP contribution in [0.4, 0.5) is 0 Å². The van der Waals surface area contributed by atoms with Crippen LogP contribution in [0.3, 0.4) is 0 Å². The maximum Gasteiger partial charge on any atom is 0.242 e. The Bertz CT molecular complexity index is 1120. The largest absolute Gasteiger partial charge is 0.338 e. The predicted octanol–water partition coefficient (Wildman–Crippen LogP) is 4.13. The minimum atomic E-state index is -0.112. The summed E-state index contributed by atoms with van der Waals surface area (Å²) in [5, 5.41) is 4.17. The molecule has 0 saturated carbocycles. The Morgan fingerprint density at radius 2 is 1.85 bits per heavy atom. The van der Waals surface area contributed by atoms with E-state index in [-0.39, 0.29) is 6.17 Å². The minimum Gasteiger partial charge on any atom is -0.338 e. The van der Waals surface area contributed by atoms with Gasteiger partial charge in [-0.2, -0.15) is 5.01 Å². The molecule has 1 unspecified atom stereocenters. The van der Waals surface area contributed by atoms with Crippen molar-refractivity contribution in [3.8, 4) is 11.4 Å². The summed E-state index contributed by atoms with van der Waals surface area (Å²) in [5.74, 6) is 1.62. The first-order valence-corrected chi connectivity index (χ1v) is 8.99. The fraction of sp³-hybridized carbons (Fsp3) is 0.190. The van der Waals surface area contributed by atoms with E-state index in [2.05, 4.69) is 63.3 Å². The summed E-state index contributed by atoms with van der Waals surface area (Å²) in [5.41, 5.74) is 6.24. The highest BCUT2D eigenvalue weighted by Gasteiger charge is 2.34. The molecule has 3 heterocycles. The molecule has 0 aliphatic carbocycles. The van der Waals surface area contributed by atoms with Crippen LogP contribution in [0.1, 0.15) is 25.6 Å². The topological polar surface area (TPSA) is 59.9 Å². The number of hydrazine groups is 1. The zero-order valence-electron chi connectivity index (χ0n) is 15.5. The molecule has 134 valence electrons. The summed E-state index contributed by atoms with van der Waals surface area (Å²) in [6.07, 6.45) is 1.96. The van der Waals surface area contributed by atoms with Gasteiger partial charge in [0.2, 0.25) is 5.96 Å². The lowest BCUT2D eigenvalue weighted by molar-refractivity contribution is 0.0889. The van der Waals surface area contributed by atoms with Crippen LogP contribution in [0.2, 0.25) is 0 Å². The summed E-state index contributed by atoms with van der Waals surface area (Å²) in [6, 6.07) is 16.5. The Hall–Kier alpha value is -3.25. The maximum absolute atomic E-state index is 4.84. The normalized spacial score (nSPS) is 19.7. The second-order valence-corrected chi connectivity index (χ2v) is 6.96. The van der Waals surface area contributed by atoms with E-state index in [9.17, 15) is 0 Å². The smallest absolute Gasteiger partial charge is 0.242 e. The molecule has 1 atom stereocenters. The molecule has 0 radical (unpaired) electrons. The van der Waals surface area contributed by atoms with Crippen molar-refractivity contribution < 1.29 is 0 Å². The van der Waals surface area contributed by atoms with Crippen molar-refractivity contribution in [2.24, 2.45) is 9.98 Å². The molecule has 2 aliphatic heterocycles. The molecule has 5 rings (SSSR count). The van der Waals surface area contributed by atoms with Gasteiger partial charge in [-0.05, 0) is 37.6 Å². The third-order valence-electron chi connectivity index (χ3n) is 4.98. The number of hydrogen-bond acceptors (Lipinski definition) is 5. The van der Waals surface area contributed by atoms with Gasteiger partial charge in [0, 0.05) is 24.0 Å². The van der Waals surface area contributed by atoms with E-state index in [0.717, 1.165) is 45.4 Å². The van der Waals surface area contributed by atoms with Crippen molar-refractivity contribution in [3.05, 3.63) is 65.9 Å². The van der Waals surface area contributed by atoms with E-state index in [1.165, 1.54) is 0 Å². The molecule has 0 fully saturated rings. The van der Waals surface area contributed by atoms with Crippen molar-refractivity contribution in [1.29, 1.82) is 0 Å².